The van der Waals surface area contributed by atoms with Gasteiger partial charge in [0.05, 0.1) is 46.1 Å². The number of nitrogens with zero attached hydrogens (tertiary/aromatic N) is 5. The predicted molar refractivity (Wildman–Crippen MR) is 299 cm³/mol. The van der Waals surface area contributed by atoms with Gasteiger partial charge in [-0.05, 0) is 136 Å². The van der Waals surface area contributed by atoms with E-state index >= 15 is 0 Å². The standard InChI is InChI=1S/C56H67ClF3N7O7S3/c1-38-50(53(68)67-36-55(3,70)37-67)51(52(63(38)4)39-13-15-41(57)16-14-39)40-9-8-10-45(33-40)66-31-29-65(30-32-66)44-19-17-42(18-20-44)62-77(73,74)47-21-22-48(49(34-47)76(71,72)56(58,59)60)61-43(35-75-46-11-6-5-7-12-46)23-26-64-27-24-54(2,69)25-28-64/h5-6,8-11,13-17,19,21-22,33-34,43,61-62,69-70H,7,12,18,20,23-32,35-37H2,1-4H3/t43-/m1/s1. The van der Waals surface area contributed by atoms with Gasteiger partial charge in [0.25, 0.3) is 25.8 Å². The molecule has 21 heteroatoms. The summed E-state index contributed by atoms with van der Waals surface area (Å²) in [4.78, 5) is 21.9. The predicted octanol–water partition coefficient (Wildman–Crippen LogP) is 9.47. The molecule has 2 aliphatic carbocycles. The van der Waals surface area contributed by atoms with Crippen molar-refractivity contribution in [1.29, 1.82) is 0 Å². The van der Waals surface area contributed by atoms with E-state index in [1.54, 1.807) is 36.6 Å². The van der Waals surface area contributed by atoms with Crippen LogP contribution in [-0.2, 0) is 26.9 Å². The number of carbonyl (C=O) groups excluding carboxylic acids is 1. The van der Waals surface area contributed by atoms with Gasteiger partial charge in [0, 0.05) is 98.0 Å². The van der Waals surface area contributed by atoms with Crippen LogP contribution in [0.4, 0.5) is 24.5 Å². The molecule has 3 aliphatic heterocycles. The zero-order valence-corrected chi connectivity index (χ0v) is 46.9. The number of rotatable bonds is 17. The van der Waals surface area contributed by atoms with Crippen LogP contribution in [0.25, 0.3) is 22.4 Å². The van der Waals surface area contributed by atoms with Crippen molar-refractivity contribution < 1.29 is 45.0 Å². The van der Waals surface area contributed by atoms with Crippen LogP contribution in [0.2, 0.25) is 5.02 Å². The molecule has 0 spiro atoms. The van der Waals surface area contributed by atoms with E-state index in [1.807, 2.05) is 85.3 Å². The van der Waals surface area contributed by atoms with Gasteiger partial charge < -0.3 is 39.7 Å². The fourth-order valence-corrected chi connectivity index (χ4v) is 14.1. The van der Waals surface area contributed by atoms with E-state index in [4.69, 9.17) is 11.6 Å². The Hall–Kier alpha value is -5.22. The van der Waals surface area contributed by atoms with Gasteiger partial charge in [-0.25, -0.2) is 16.8 Å². The smallest absolute Gasteiger partial charge is 0.390 e. The SMILES string of the molecule is Cc1c(C(=O)N2CC(C)(O)C2)c(-c2cccc(N3CCN(C4=CC=C(NS(=O)(=O)c5ccc(N[C@H](CCN6CCC(C)(O)CC6)CSC6=CC=CCC6)c(S(=O)(=O)C(F)(F)F)c5)CC4)CC3)c2)c(-c2ccc(Cl)cc2)n1C. The highest BCUT2D eigenvalue weighted by atomic mass is 35.5. The van der Waals surface area contributed by atoms with Gasteiger partial charge in [-0.2, -0.15) is 13.2 Å². The summed E-state index contributed by atoms with van der Waals surface area (Å²) in [6, 6.07) is 18.0. The van der Waals surface area contributed by atoms with Gasteiger partial charge >= 0.3 is 5.51 Å². The van der Waals surface area contributed by atoms with Crippen LogP contribution in [0.3, 0.4) is 0 Å². The average Bonchev–Trinajstić information content (AvgIpc) is 3.86. The average molecular weight is 1140 g/mol. The van der Waals surface area contributed by atoms with Crippen LogP contribution in [0.5, 0.6) is 0 Å². The third-order valence-electron chi connectivity index (χ3n) is 15.3. The second-order valence-electron chi connectivity index (χ2n) is 21.4. The van der Waals surface area contributed by atoms with Gasteiger partial charge in [-0.3, -0.25) is 9.52 Å². The number of sulfonamides is 1. The Morgan fingerprint density at radius 2 is 1.55 bits per heavy atom. The number of piperidine rings is 1. The number of aliphatic hydroxyl groups is 2. The van der Waals surface area contributed by atoms with Crippen molar-refractivity contribution in [1.82, 2.24) is 24.0 Å². The van der Waals surface area contributed by atoms with Gasteiger partial charge in [0.2, 0.25) is 0 Å². The summed E-state index contributed by atoms with van der Waals surface area (Å²) in [5.74, 6) is 0.277. The molecule has 0 bridgehead atoms. The van der Waals surface area contributed by atoms with Crippen molar-refractivity contribution in [2.45, 2.75) is 98.3 Å². The van der Waals surface area contributed by atoms with Crippen LogP contribution in [0.15, 0.2) is 123 Å². The molecule has 414 valence electrons. The van der Waals surface area contributed by atoms with E-state index in [2.05, 4.69) is 30.8 Å². The third kappa shape index (κ3) is 12.8. The molecular weight excluding hydrogens is 1070 g/mol. The monoisotopic (exact) mass is 1140 g/mol. The lowest BCUT2D eigenvalue weighted by molar-refractivity contribution is -0.0668. The van der Waals surface area contributed by atoms with Crippen LogP contribution < -0.4 is 14.9 Å². The summed E-state index contributed by atoms with van der Waals surface area (Å²) in [7, 11) is -8.61. The molecule has 1 aromatic heterocycles. The molecule has 0 unspecified atom stereocenters. The Balaban J connectivity index is 0.888. The Morgan fingerprint density at radius 1 is 0.844 bits per heavy atom. The fourth-order valence-electron chi connectivity index (χ4n) is 10.7. The number of likely N-dealkylation sites (tertiary alicyclic amines) is 2. The number of nitrogens with one attached hydrogen (secondary N) is 2. The number of benzene rings is 3. The highest BCUT2D eigenvalue weighted by Crippen LogP contribution is 2.43. The van der Waals surface area contributed by atoms with Crippen LogP contribution in [0.1, 0.15) is 74.8 Å². The lowest BCUT2D eigenvalue weighted by atomic mass is 9.92. The maximum absolute atomic E-state index is 14.4. The molecular formula is C56H67ClF3N7O7S3. The van der Waals surface area contributed by atoms with E-state index in [-0.39, 0.29) is 31.1 Å². The number of β-amino-alcohol motifs (C(OH)–C–C–N with tert-alkyl or cyclic N) is 1. The molecule has 14 nitrogen and oxygen atoms in total. The largest absolute Gasteiger partial charge is 0.501 e. The van der Waals surface area contributed by atoms with Crippen molar-refractivity contribution in [3.63, 3.8) is 0 Å². The van der Waals surface area contributed by atoms with E-state index in [0.717, 1.165) is 69.3 Å². The van der Waals surface area contributed by atoms with E-state index in [9.17, 15) is 45.0 Å². The molecule has 4 N–H and O–H groups in total. The Labute approximate surface area is 459 Å². The Morgan fingerprint density at radius 3 is 2.18 bits per heavy atom. The van der Waals surface area contributed by atoms with Crippen molar-refractivity contribution in [2.24, 2.45) is 7.05 Å². The van der Waals surface area contributed by atoms with Gasteiger partial charge in [0.1, 0.15) is 4.90 Å². The lowest BCUT2D eigenvalue weighted by Gasteiger charge is -2.44. The Bertz CT molecular complexity index is 3220. The molecule has 0 saturated carbocycles. The van der Waals surface area contributed by atoms with Gasteiger partial charge in [-0.1, -0.05) is 54.1 Å². The number of piperazine rings is 1. The van der Waals surface area contributed by atoms with Crippen molar-refractivity contribution in [3.8, 4) is 22.4 Å². The minimum absolute atomic E-state index is 0.144. The number of halogens is 4. The number of thioether (sulfide) groups is 1. The van der Waals surface area contributed by atoms with Crippen molar-refractivity contribution in [2.75, 3.05) is 74.9 Å². The fraction of sp³-hybridized carbons (Fsp3) is 0.446. The number of alkyl halides is 3. The number of allylic oxidation sites excluding steroid dienone is 8. The minimum atomic E-state index is -6.01. The molecule has 3 fully saturated rings. The van der Waals surface area contributed by atoms with Crippen molar-refractivity contribution >= 4 is 60.5 Å². The lowest BCUT2D eigenvalue weighted by Crippen LogP contribution is -2.61. The molecule has 3 aromatic carbocycles. The number of aromatic nitrogens is 1. The first kappa shape index (κ1) is 56.5. The van der Waals surface area contributed by atoms with Crippen LogP contribution in [-0.4, -0.2) is 140 Å². The quantitative estimate of drug-likeness (QED) is 0.0792. The first-order valence-electron chi connectivity index (χ1n) is 26.0. The minimum Gasteiger partial charge on any atom is -0.390 e. The number of sulfone groups is 1. The summed E-state index contributed by atoms with van der Waals surface area (Å²) in [5.41, 5.74) is -0.635. The first-order valence-corrected chi connectivity index (χ1v) is 30.4. The highest BCUT2D eigenvalue weighted by molar-refractivity contribution is 8.03. The number of hydrogen-bond acceptors (Lipinski definition) is 12. The molecule has 9 rings (SSSR count). The first-order chi connectivity index (χ1) is 36.4. The Kier molecular flexibility index (Phi) is 16.5. The zero-order valence-electron chi connectivity index (χ0n) is 43.7. The molecule has 5 aliphatic rings. The topological polar surface area (TPSA) is 168 Å². The van der Waals surface area contributed by atoms with Gasteiger partial charge in [-0.15, -0.1) is 11.8 Å². The second kappa shape index (κ2) is 22.5. The normalized spacial score (nSPS) is 19.5. The summed E-state index contributed by atoms with van der Waals surface area (Å²) in [6.45, 7) is 10.4. The maximum atomic E-state index is 14.4. The van der Waals surface area contributed by atoms with E-state index in [1.165, 1.54) is 0 Å². The number of hydrogen-bond donors (Lipinski definition) is 4. The molecule has 1 amide bonds. The van der Waals surface area contributed by atoms with Crippen LogP contribution in [0, 0.1) is 6.92 Å². The molecule has 0 radical (unpaired) electrons. The van der Waals surface area contributed by atoms with E-state index < -0.39 is 52.4 Å². The summed E-state index contributed by atoms with van der Waals surface area (Å²) >= 11 is 7.85. The summed E-state index contributed by atoms with van der Waals surface area (Å²) in [6.07, 6.45) is 13.5. The summed E-state index contributed by atoms with van der Waals surface area (Å²) < 4.78 is 102. The molecule has 4 aromatic rings. The molecule has 1 atom stereocenters. The third-order valence-corrected chi connectivity index (χ3v) is 19.8. The number of amides is 1. The number of anilines is 2. The van der Waals surface area contributed by atoms with Crippen molar-refractivity contribution in [3.05, 3.63) is 130 Å². The second-order valence-corrected chi connectivity index (χ2v) is 26.5. The summed E-state index contributed by atoms with van der Waals surface area (Å²) in [5, 5.41) is 24.7. The molecule has 77 heavy (non-hydrogen) atoms. The maximum Gasteiger partial charge on any atom is 0.501 e. The molecule has 3 saturated heterocycles. The van der Waals surface area contributed by atoms with Crippen LogP contribution >= 0.6 is 23.4 Å². The number of carbonyl (C=O) groups is 1. The highest BCUT2D eigenvalue weighted by Gasteiger charge is 2.49. The van der Waals surface area contributed by atoms with E-state index in [0.29, 0.717) is 99.6 Å². The van der Waals surface area contributed by atoms with Gasteiger partial charge in [0.15, 0.2) is 0 Å². The zero-order chi connectivity index (χ0) is 55.1. The molecule has 4 heterocycles.